The highest BCUT2D eigenvalue weighted by Gasteiger charge is 2.09. The molecular formula is C20H18N6. The van der Waals surface area contributed by atoms with Crippen LogP contribution in [0, 0.1) is 0 Å². The van der Waals surface area contributed by atoms with Gasteiger partial charge in [-0.2, -0.15) is 0 Å². The summed E-state index contributed by atoms with van der Waals surface area (Å²) >= 11 is 0. The molecule has 0 saturated heterocycles. The average Bonchev–Trinajstić information content (AvgIpc) is 2.70. The van der Waals surface area contributed by atoms with Gasteiger partial charge in [0.2, 0.25) is 0 Å². The van der Waals surface area contributed by atoms with Crippen LogP contribution in [0.2, 0.25) is 0 Å². The lowest BCUT2D eigenvalue weighted by molar-refractivity contribution is 1.27. The summed E-state index contributed by atoms with van der Waals surface area (Å²) in [5, 5.41) is 0. The van der Waals surface area contributed by atoms with Crippen LogP contribution in [0.3, 0.4) is 0 Å². The fraction of sp³-hybridized carbons (Fsp3) is 0. The van der Waals surface area contributed by atoms with Gasteiger partial charge in [-0.25, -0.2) is 9.97 Å². The Balaban J connectivity index is 0.000000236. The van der Waals surface area contributed by atoms with Crippen LogP contribution >= 0.6 is 0 Å². The molecule has 4 rings (SSSR count). The van der Waals surface area contributed by atoms with Crippen LogP contribution in [0.15, 0.2) is 85.6 Å². The number of nitrogen functional groups attached to an aromatic ring is 2. The van der Waals surface area contributed by atoms with Crippen LogP contribution in [-0.4, -0.2) is 19.9 Å². The molecule has 4 heterocycles. The number of hydrogen-bond donors (Lipinski definition) is 2. The Hall–Kier alpha value is -3.80. The summed E-state index contributed by atoms with van der Waals surface area (Å²) in [5.74, 6) is 1.06. The molecule has 0 aliphatic rings. The number of anilines is 2. The molecule has 26 heavy (non-hydrogen) atoms. The molecule has 0 aliphatic carbocycles. The predicted molar refractivity (Wildman–Crippen MR) is 104 cm³/mol. The normalized spacial score (nSPS) is 9.85. The van der Waals surface area contributed by atoms with Crippen molar-refractivity contribution in [3.63, 3.8) is 0 Å². The standard InChI is InChI=1S/C15H12N4.C5H6N2/c16-14-6-5-13(11-3-1-7-17-9-11)15(19-14)12-4-2-8-18-10-12;6-5-3-1-2-4-7-5/h1-10H,(H2,16,19);1-4H,(H2,6,7). The lowest BCUT2D eigenvalue weighted by atomic mass is 10.0. The Kier molecular flexibility index (Phi) is 5.47. The maximum Gasteiger partial charge on any atom is 0.124 e. The summed E-state index contributed by atoms with van der Waals surface area (Å²) in [4.78, 5) is 16.5. The molecule has 0 atom stereocenters. The molecule has 0 unspecified atom stereocenters. The maximum atomic E-state index is 5.80. The van der Waals surface area contributed by atoms with Crippen molar-refractivity contribution in [1.29, 1.82) is 0 Å². The molecule has 0 aromatic carbocycles. The Morgan fingerprint density at radius 1 is 0.615 bits per heavy atom. The predicted octanol–water partition coefficient (Wildman–Crippen LogP) is 3.45. The number of hydrogen-bond acceptors (Lipinski definition) is 6. The van der Waals surface area contributed by atoms with Crippen molar-refractivity contribution in [3.05, 3.63) is 85.6 Å². The van der Waals surface area contributed by atoms with Gasteiger partial charge in [-0.05, 0) is 42.5 Å². The van der Waals surface area contributed by atoms with Gasteiger partial charge in [0.25, 0.3) is 0 Å². The minimum absolute atomic E-state index is 0.492. The first-order valence-electron chi connectivity index (χ1n) is 7.98. The highest BCUT2D eigenvalue weighted by Crippen LogP contribution is 2.30. The zero-order chi connectivity index (χ0) is 18.2. The molecule has 0 amide bonds. The van der Waals surface area contributed by atoms with Crippen molar-refractivity contribution >= 4 is 11.6 Å². The van der Waals surface area contributed by atoms with E-state index in [1.54, 1.807) is 36.9 Å². The molecule has 4 aromatic heterocycles. The quantitative estimate of drug-likeness (QED) is 0.578. The van der Waals surface area contributed by atoms with Crippen molar-refractivity contribution in [2.75, 3.05) is 11.5 Å². The van der Waals surface area contributed by atoms with Crippen molar-refractivity contribution in [2.24, 2.45) is 0 Å². The lowest BCUT2D eigenvalue weighted by Crippen LogP contribution is -1.95. The first-order valence-corrected chi connectivity index (χ1v) is 7.98. The van der Waals surface area contributed by atoms with Gasteiger partial charge >= 0.3 is 0 Å². The van der Waals surface area contributed by atoms with Gasteiger partial charge in [0.15, 0.2) is 0 Å². The number of nitrogens with zero attached hydrogens (tertiary/aromatic N) is 4. The second-order valence-corrected chi connectivity index (χ2v) is 5.37. The van der Waals surface area contributed by atoms with E-state index in [9.17, 15) is 0 Å². The van der Waals surface area contributed by atoms with Gasteiger partial charge in [-0.15, -0.1) is 0 Å². The Morgan fingerprint density at radius 3 is 1.88 bits per heavy atom. The number of nitrogens with two attached hydrogens (primary N) is 2. The van der Waals surface area contributed by atoms with Crippen molar-refractivity contribution < 1.29 is 0 Å². The topological polar surface area (TPSA) is 104 Å². The van der Waals surface area contributed by atoms with Crippen LogP contribution in [0.4, 0.5) is 11.6 Å². The zero-order valence-corrected chi connectivity index (χ0v) is 14.0. The largest absolute Gasteiger partial charge is 0.384 e. The zero-order valence-electron chi connectivity index (χ0n) is 14.0. The second kappa shape index (κ2) is 8.34. The Bertz CT molecular complexity index is 944. The number of pyridine rings is 4. The van der Waals surface area contributed by atoms with Gasteiger partial charge in [0.1, 0.15) is 11.6 Å². The van der Waals surface area contributed by atoms with Gasteiger partial charge in [-0.3, -0.25) is 9.97 Å². The fourth-order valence-corrected chi connectivity index (χ4v) is 2.33. The van der Waals surface area contributed by atoms with E-state index in [1.807, 2.05) is 48.7 Å². The van der Waals surface area contributed by atoms with E-state index in [4.69, 9.17) is 11.5 Å². The van der Waals surface area contributed by atoms with Gasteiger partial charge in [0, 0.05) is 47.7 Å². The lowest BCUT2D eigenvalue weighted by Gasteiger charge is -2.09. The molecule has 4 aromatic rings. The molecule has 0 spiro atoms. The summed E-state index contributed by atoms with van der Waals surface area (Å²) in [6.45, 7) is 0. The van der Waals surface area contributed by atoms with Gasteiger partial charge < -0.3 is 11.5 Å². The summed E-state index contributed by atoms with van der Waals surface area (Å²) in [6.07, 6.45) is 8.74. The minimum Gasteiger partial charge on any atom is -0.384 e. The molecule has 4 N–H and O–H groups in total. The van der Waals surface area contributed by atoms with Crippen LogP contribution in [0.5, 0.6) is 0 Å². The SMILES string of the molecule is Nc1ccc(-c2cccnc2)c(-c2cccnc2)n1.Nc1ccccn1. The van der Waals surface area contributed by atoms with E-state index >= 15 is 0 Å². The Labute approximate surface area is 151 Å². The molecule has 6 nitrogen and oxygen atoms in total. The van der Waals surface area contributed by atoms with E-state index in [0.29, 0.717) is 11.6 Å². The monoisotopic (exact) mass is 342 g/mol. The number of rotatable bonds is 2. The molecule has 128 valence electrons. The van der Waals surface area contributed by atoms with Crippen LogP contribution < -0.4 is 11.5 Å². The van der Waals surface area contributed by atoms with E-state index in [1.165, 1.54) is 0 Å². The van der Waals surface area contributed by atoms with Gasteiger partial charge in [0.05, 0.1) is 5.69 Å². The smallest absolute Gasteiger partial charge is 0.124 e. The molecule has 0 bridgehead atoms. The fourth-order valence-electron chi connectivity index (χ4n) is 2.33. The summed E-state index contributed by atoms with van der Waals surface area (Å²) in [6, 6.07) is 16.9. The highest BCUT2D eigenvalue weighted by atomic mass is 14.8. The van der Waals surface area contributed by atoms with Crippen LogP contribution in [-0.2, 0) is 0 Å². The molecule has 0 saturated carbocycles. The molecule has 0 radical (unpaired) electrons. The first kappa shape index (κ1) is 17.0. The van der Waals surface area contributed by atoms with Gasteiger partial charge in [-0.1, -0.05) is 12.1 Å². The average molecular weight is 342 g/mol. The first-order chi connectivity index (χ1) is 12.7. The maximum absolute atomic E-state index is 5.80. The molecule has 0 fully saturated rings. The van der Waals surface area contributed by atoms with E-state index in [2.05, 4.69) is 19.9 Å². The minimum atomic E-state index is 0.492. The van der Waals surface area contributed by atoms with Crippen molar-refractivity contribution in [3.8, 4) is 22.4 Å². The third-order valence-corrected chi connectivity index (χ3v) is 3.51. The van der Waals surface area contributed by atoms with E-state index < -0.39 is 0 Å². The van der Waals surface area contributed by atoms with Crippen molar-refractivity contribution in [2.45, 2.75) is 0 Å². The highest BCUT2D eigenvalue weighted by molar-refractivity contribution is 5.80. The summed E-state index contributed by atoms with van der Waals surface area (Å²) < 4.78 is 0. The van der Waals surface area contributed by atoms with Crippen LogP contribution in [0.25, 0.3) is 22.4 Å². The van der Waals surface area contributed by atoms with Crippen LogP contribution in [0.1, 0.15) is 0 Å². The van der Waals surface area contributed by atoms with E-state index in [0.717, 1.165) is 22.4 Å². The molecule has 0 aliphatic heterocycles. The third-order valence-electron chi connectivity index (χ3n) is 3.51. The third kappa shape index (κ3) is 4.39. The van der Waals surface area contributed by atoms with E-state index in [-0.39, 0.29) is 0 Å². The Morgan fingerprint density at radius 2 is 1.35 bits per heavy atom. The van der Waals surface area contributed by atoms with Crippen molar-refractivity contribution in [1.82, 2.24) is 19.9 Å². The summed E-state index contributed by atoms with van der Waals surface area (Å²) in [7, 11) is 0. The molecule has 6 heteroatoms. The summed E-state index contributed by atoms with van der Waals surface area (Å²) in [5.41, 5.74) is 14.8. The number of aromatic nitrogens is 4. The molecular weight excluding hydrogens is 324 g/mol. The second-order valence-electron chi connectivity index (χ2n) is 5.37.